The number of fused-ring (bicyclic) bond motifs is 1. The molecule has 4 aromatic rings. The van der Waals surface area contributed by atoms with Crippen molar-refractivity contribution in [2.45, 2.75) is 31.5 Å². The largest absolute Gasteiger partial charge is 0.388 e. The minimum atomic E-state index is -1.09. The molecule has 2 aromatic carbocycles. The number of ether oxygens (including phenoxy) is 1. The molecule has 0 saturated carbocycles. The summed E-state index contributed by atoms with van der Waals surface area (Å²) in [7, 11) is 0. The van der Waals surface area contributed by atoms with Crippen LogP contribution >= 0.6 is 23.2 Å². The summed E-state index contributed by atoms with van der Waals surface area (Å²) < 4.78 is 7.61. The number of benzene rings is 2. The first-order chi connectivity index (χ1) is 15.4. The average Bonchev–Trinajstić information content (AvgIpc) is 3.30. The second kappa shape index (κ2) is 8.35. The molecule has 0 radical (unpaired) electrons. The van der Waals surface area contributed by atoms with Gasteiger partial charge in [-0.2, -0.15) is 0 Å². The normalized spacial score (nSPS) is 23.0. The molecule has 7 nitrogen and oxygen atoms in total. The van der Waals surface area contributed by atoms with Gasteiger partial charge in [-0.05, 0) is 30.7 Å². The van der Waals surface area contributed by atoms with E-state index in [9.17, 15) is 10.2 Å². The number of rotatable bonds is 4. The lowest BCUT2D eigenvalue weighted by atomic mass is 10.1. The summed E-state index contributed by atoms with van der Waals surface area (Å²) in [6.45, 7) is 1.73. The lowest BCUT2D eigenvalue weighted by molar-refractivity contribution is -0.0295. The Labute approximate surface area is 194 Å². The van der Waals surface area contributed by atoms with Crippen molar-refractivity contribution in [2.24, 2.45) is 0 Å². The van der Waals surface area contributed by atoms with Gasteiger partial charge in [-0.3, -0.25) is 0 Å². The van der Waals surface area contributed by atoms with Gasteiger partial charge in [0.2, 0.25) is 0 Å². The Kier molecular flexibility index (Phi) is 5.53. The molecule has 2 aromatic heterocycles. The average molecular weight is 471 g/mol. The van der Waals surface area contributed by atoms with Gasteiger partial charge < -0.3 is 24.8 Å². The molecule has 0 spiro atoms. The maximum Gasteiger partial charge on any atom is 0.164 e. The number of hydrogen-bond acceptors (Lipinski definition) is 6. The van der Waals surface area contributed by atoms with Gasteiger partial charge >= 0.3 is 0 Å². The molecule has 0 unspecified atom stereocenters. The second-order valence-electron chi connectivity index (χ2n) is 7.70. The summed E-state index contributed by atoms with van der Waals surface area (Å²) >= 11 is 12.2. The molecule has 0 aliphatic carbocycles. The van der Waals surface area contributed by atoms with E-state index < -0.39 is 24.5 Å². The molecule has 1 saturated heterocycles. The molecule has 3 heterocycles. The highest BCUT2D eigenvalue weighted by atomic mass is 35.5. The van der Waals surface area contributed by atoms with Crippen LogP contribution in [0.3, 0.4) is 0 Å². The van der Waals surface area contributed by atoms with Crippen LogP contribution in [0.25, 0.3) is 22.2 Å². The van der Waals surface area contributed by atoms with Crippen LogP contribution in [0.5, 0.6) is 0 Å². The third-order valence-electron chi connectivity index (χ3n) is 5.63. The van der Waals surface area contributed by atoms with Crippen molar-refractivity contribution >= 4 is 45.7 Å². The number of nitrogens with zero attached hydrogens (tertiary/aromatic N) is 3. The Balaban J connectivity index is 1.69. The van der Waals surface area contributed by atoms with Crippen molar-refractivity contribution in [3.8, 4) is 11.1 Å². The first kappa shape index (κ1) is 21.2. The van der Waals surface area contributed by atoms with Gasteiger partial charge in [0.05, 0.1) is 21.5 Å². The van der Waals surface area contributed by atoms with Gasteiger partial charge in [-0.25, -0.2) is 9.97 Å². The van der Waals surface area contributed by atoms with Gasteiger partial charge in [-0.1, -0.05) is 53.5 Å². The summed E-state index contributed by atoms with van der Waals surface area (Å²) in [6.07, 6.45) is -0.0722. The summed E-state index contributed by atoms with van der Waals surface area (Å²) in [4.78, 5) is 8.95. The van der Waals surface area contributed by atoms with E-state index >= 15 is 0 Å². The van der Waals surface area contributed by atoms with Crippen LogP contribution in [-0.4, -0.2) is 43.1 Å². The fraction of sp³-hybridized carbons (Fsp3) is 0.217. The van der Waals surface area contributed by atoms with Crippen LogP contribution in [-0.2, 0) is 4.74 Å². The monoisotopic (exact) mass is 470 g/mol. The molecule has 4 atom stereocenters. The van der Waals surface area contributed by atoms with Gasteiger partial charge in [-0.15, -0.1) is 0 Å². The number of aromatic nitrogens is 3. The fourth-order valence-electron chi connectivity index (χ4n) is 3.98. The molecule has 5 rings (SSSR count). The predicted molar refractivity (Wildman–Crippen MR) is 124 cm³/mol. The molecule has 1 aliphatic rings. The van der Waals surface area contributed by atoms with E-state index in [0.717, 1.165) is 16.5 Å². The number of halogens is 2. The van der Waals surface area contributed by atoms with Crippen LogP contribution in [0.2, 0.25) is 10.0 Å². The van der Waals surface area contributed by atoms with Crippen LogP contribution in [0.15, 0.2) is 61.1 Å². The molecule has 0 amide bonds. The third kappa shape index (κ3) is 3.62. The minimum absolute atomic E-state index is 0.424. The number of nitrogens with one attached hydrogen (secondary N) is 1. The molecule has 9 heteroatoms. The van der Waals surface area contributed by atoms with Gasteiger partial charge in [0.1, 0.15) is 30.0 Å². The van der Waals surface area contributed by atoms with E-state index in [1.54, 1.807) is 23.6 Å². The highest BCUT2D eigenvalue weighted by Gasteiger charge is 2.42. The third-order valence-corrected chi connectivity index (χ3v) is 6.37. The topological polar surface area (TPSA) is 92.4 Å². The Hall–Kier alpha value is -2.68. The van der Waals surface area contributed by atoms with Crippen LogP contribution < -0.4 is 5.32 Å². The number of anilines is 2. The molecular formula is C23H20Cl2N4O3. The number of aliphatic hydroxyl groups is 2. The Bertz CT molecular complexity index is 1280. The zero-order valence-electron chi connectivity index (χ0n) is 17.0. The number of aliphatic hydroxyl groups excluding tert-OH is 2. The highest BCUT2D eigenvalue weighted by molar-refractivity contribution is 6.42. The maximum absolute atomic E-state index is 10.6. The first-order valence-electron chi connectivity index (χ1n) is 10.1. The van der Waals surface area contributed by atoms with Crippen LogP contribution in [0.1, 0.15) is 13.2 Å². The smallest absolute Gasteiger partial charge is 0.164 e. The first-order valence-corrected chi connectivity index (χ1v) is 10.8. The molecule has 0 bridgehead atoms. The second-order valence-corrected chi connectivity index (χ2v) is 8.52. The quantitative estimate of drug-likeness (QED) is 0.397. The van der Waals surface area contributed by atoms with E-state index in [-0.39, 0.29) is 0 Å². The van der Waals surface area contributed by atoms with Crippen molar-refractivity contribution in [1.82, 2.24) is 14.5 Å². The zero-order valence-corrected chi connectivity index (χ0v) is 18.5. The summed E-state index contributed by atoms with van der Waals surface area (Å²) in [5.41, 5.74) is 3.08. The van der Waals surface area contributed by atoms with Crippen molar-refractivity contribution < 1.29 is 14.9 Å². The highest BCUT2D eigenvalue weighted by Crippen LogP contribution is 2.39. The standard InChI is InChI=1S/C23H20Cl2N4O3/c1-12-19(30)20(31)23(32-12)29-10-15(13-5-3-2-4-6-13)18-21(26-11-27-22(18)29)28-14-7-8-16(24)17(25)9-14/h2-12,19-20,23,30-31H,1H3,(H,26,27,28)/t12-,19-,20-,23-/m1/s1. The van der Waals surface area contributed by atoms with Crippen molar-refractivity contribution in [1.29, 1.82) is 0 Å². The van der Waals surface area contributed by atoms with E-state index in [4.69, 9.17) is 27.9 Å². The Morgan fingerprint density at radius 2 is 1.78 bits per heavy atom. The molecule has 164 valence electrons. The van der Waals surface area contributed by atoms with E-state index in [0.29, 0.717) is 27.2 Å². The van der Waals surface area contributed by atoms with E-state index in [2.05, 4.69) is 15.3 Å². The van der Waals surface area contributed by atoms with Crippen molar-refractivity contribution in [3.05, 3.63) is 71.1 Å². The zero-order chi connectivity index (χ0) is 22.4. The summed E-state index contributed by atoms with van der Waals surface area (Å²) in [6, 6.07) is 15.0. The molecule has 3 N–H and O–H groups in total. The molecule has 1 fully saturated rings. The van der Waals surface area contributed by atoms with Gasteiger partial charge in [0.25, 0.3) is 0 Å². The Morgan fingerprint density at radius 1 is 1.00 bits per heavy atom. The fourth-order valence-corrected chi connectivity index (χ4v) is 4.28. The van der Waals surface area contributed by atoms with Gasteiger partial charge in [0, 0.05) is 17.4 Å². The lowest BCUT2D eigenvalue weighted by Crippen LogP contribution is -2.30. The SMILES string of the molecule is C[C@H]1O[C@@H](n2cc(-c3ccccc3)c3c(Nc4ccc(Cl)c(Cl)c4)ncnc32)[C@H](O)[C@@H]1O. The minimum Gasteiger partial charge on any atom is -0.388 e. The maximum atomic E-state index is 10.6. The predicted octanol–water partition coefficient (Wildman–Crippen LogP) is 4.79. The molecule has 32 heavy (non-hydrogen) atoms. The van der Waals surface area contributed by atoms with Crippen molar-refractivity contribution in [2.75, 3.05) is 5.32 Å². The number of hydrogen-bond donors (Lipinski definition) is 3. The van der Waals surface area contributed by atoms with Crippen LogP contribution in [0, 0.1) is 0 Å². The van der Waals surface area contributed by atoms with Crippen molar-refractivity contribution in [3.63, 3.8) is 0 Å². The lowest BCUT2D eigenvalue weighted by Gasteiger charge is -2.17. The molecule has 1 aliphatic heterocycles. The van der Waals surface area contributed by atoms with Gasteiger partial charge in [0.15, 0.2) is 6.23 Å². The molecular weight excluding hydrogens is 451 g/mol. The van der Waals surface area contributed by atoms with E-state index in [1.807, 2.05) is 42.6 Å². The van der Waals surface area contributed by atoms with Crippen LogP contribution in [0.4, 0.5) is 11.5 Å². The Morgan fingerprint density at radius 3 is 2.47 bits per heavy atom. The van der Waals surface area contributed by atoms with E-state index in [1.165, 1.54) is 6.33 Å². The summed E-state index contributed by atoms with van der Waals surface area (Å²) in [5, 5.41) is 25.8. The summed E-state index contributed by atoms with van der Waals surface area (Å²) in [5.74, 6) is 0.562.